The zero-order valence-electron chi connectivity index (χ0n) is 45.1. The second kappa shape index (κ2) is 30.2. The number of aliphatic carboxylic acids is 1. The number of phenolic OH excluding ortho intramolecular Hbond substituents is 1. The fraction of sp³-hybridized carbons (Fsp3) is 0.566. The highest BCUT2D eigenvalue weighted by atomic mass is 16.4. The highest BCUT2D eigenvalue weighted by molar-refractivity contribution is 5.99. The van der Waals surface area contributed by atoms with E-state index in [-0.39, 0.29) is 88.1 Å². The number of likely N-dealkylation sites (tertiary alicyclic amines) is 2. The van der Waals surface area contributed by atoms with Crippen molar-refractivity contribution in [2.45, 2.75) is 160 Å². The molecule has 25 heteroatoms. The van der Waals surface area contributed by atoms with Crippen LogP contribution in [0, 0.1) is 11.8 Å². The van der Waals surface area contributed by atoms with Crippen LogP contribution < -0.4 is 54.8 Å². The first kappa shape index (κ1) is 62.7. The number of carboxylic acids is 1. The molecule has 2 saturated heterocycles. The second-order valence-corrected chi connectivity index (χ2v) is 20.8. The monoisotopic (exact) mass is 1090 g/mol. The van der Waals surface area contributed by atoms with Gasteiger partial charge in [0, 0.05) is 32.5 Å². The number of amides is 9. The van der Waals surface area contributed by atoms with E-state index in [1.807, 2.05) is 13.8 Å². The molecule has 428 valence electrons. The summed E-state index contributed by atoms with van der Waals surface area (Å²) >= 11 is 0. The number of nitrogens with zero attached hydrogens (tertiary/aromatic N) is 3. The molecule has 9 atom stereocenters. The predicted molar refractivity (Wildman–Crippen MR) is 287 cm³/mol. The van der Waals surface area contributed by atoms with Gasteiger partial charge in [0.15, 0.2) is 5.96 Å². The van der Waals surface area contributed by atoms with Gasteiger partial charge in [-0.1, -0.05) is 70.2 Å². The molecule has 2 aromatic rings. The summed E-state index contributed by atoms with van der Waals surface area (Å²) in [6, 6.07) is 3.59. The van der Waals surface area contributed by atoms with Crippen molar-refractivity contribution >= 4 is 65.1 Å². The summed E-state index contributed by atoms with van der Waals surface area (Å²) in [5.41, 5.74) is 23.7. The van der Waals surface area contributed by atoms with E-state index in [2.05, 4.69) is 36.9 Å². The van der Waals surface area contributed by atoms with Gasteiger partial charge in [0.25, 0.3) is 0 Å². The molecular weight excluding hydrogens is 1010 g/mol. The van der Waals surface area contributed by atoms with E-state index in [1.54, 1.807) is 56.3 Å². The summed E-state index contributed by atoms with van der Waals surface area (Å²) in [5.74, 6) is -8.42. The van der Waals surface area contributed by atoms with Crippen molar-refractivity contribution < 1.29 is 58.2 Å². The minimum Gasteiger partial charge on any atom is -0.508 e. The molecular formula is C53H79N13O12. The zero-order chi connectivity index (χ0) is 57.8. The Bertz CT molecular complexity index is 2450. The van der Waals surface area contributed by atoms with Crippen molar-refractivity contribution in [1.29, 1.82) is 0 Å². The SMILES string of the molecule is CC(C)C[C@H](NC(=O)[C@H](Cc1ccc(O)cc1)NC(=O)[C@@H]1CCCN1C(=O)[C@H](C)NC(=O)[C@H](CC(N)=O)NC(=O)[C@@H]1CCCN1C(=O)[C@H](Cc1ccccc1)NC(=O)[C@H](CC(C)C)NC(=O)[C@@H](N)CCCN=C(N)N)C(=O)O. The molecule has 25 nitrogen and oxygen atoms in total. The normalized spacial score (nSPS) is 17.8. The zero-order valence-corrected chi connectivity index (χ0v) is 45.1. The number of carbonyl (C=O) groups is 10. The lowest BCUT2D eigenvalue weighted by Crippen LogP contribution is -2.60. The van der Waals surface area contributed by atoms with Crippen LogP contribution in [-0.4, -0.2) is 159 Å². The van der Waals surface area contributed by atoms with E-state index in [0.29, 0.717) is 30.4 Å². The first-order valence-corrected chi connectivity index (χ1v) is 26.4. The molecule has 0 saturated carbocycles. The number of hydrogen-bond donors (Lipinski definition) is 12. The van der Waals surface area contributed by atoms with Crippen molar-refractivity contribution in [2.75, 3.05) is 19.6 Å². The van der Waals surface area contributed by atoms with Crippen LogP contribution >= 0.6 is 0 Å². The first-order valence-electron chi connectivity index (χ1n) is 26.4. The van der Waals surface area contributed by atoms with Crippen LogP contribution in [0.1, 0.15) is 104 Å². The first-order chi connectivity index (χ1) is 36.8. The number of phenols is 1. The summed E-state index contributed by atoms with van der Waals surface area (Å²) in [6.45, 7) is 9.07. The number of nitrogens with one attached hydrogen (secondary N) is 6. The number of rotatable bonds is 29. The average Bonchev–Trinajstić information content (AvgIpc) is 4.09. The molecule has 78 heavy (non-hydrogen) atoms. The molecule has 2 heterocycles. The molecule has 2 fully saturated rings. The molecule has 4 rings (SSSR count). The maximum Gasteiger partial charge on any atom is 0.326 e. The third-order valence-electron chi connectivity index (χ3n) is 13.3. The lowest BCUT2D eigenvalue weighted by molar-refractivity contribution is -0.144. The quantitative estimate of drug-likeness (QED) is 0.0251. The number of aromatic hydroxyl groups is 1. The Morgan fingerprint density at radius 2 is 1.09 bits per heavy atom. The Hall–Kier alpha value is -7.83. The van der Waals surface area contributed by atoms with Crippen molar-refractivity contribution in [3.8, 4) is 5.75 Å². The number of benzene rings is 2. The Morgan fingerprint density at radius 1 is 0.603 bits per heavy atom. The number of carboxylic acid groups (broad SMARTS) is 1. The summed E-state index contributed by atoms with van der Waals surface area (Å²) in [7, 11) is 0. The van der Waals surface area contributed by atoms with Gasteiger partial charge in [-0.3, -0.25) is 48.1 Å². The lowest BCUT2D eigenvalue weighted by Gasteiger charge is -2.31. The highest BCUT2D eigenvalue weighted by Gasteiger charge is 2.42. The second-order valence-electron chi connectivity index (χ2n) is 20.8. The molecule has 0 unspecified atom stereocenters. The van der Waals surface area contributed by atoms with Crippen LogP contribution in [-0.2, 0) is 60.8 Å². The molecule has 0 aromatic heterocycles. The molecule has 2 aliphatic rings. The van der Waals surface area contributed by atoms with Gasteiger partial charge in [-0.25, -0.2) is 4.79 Å². The average molecular weight is 1090 g/mol. The van der Waals surface area contributed by atoms with Crippen LogP contribution in [0.15, 0.2) is 59.6 Å². The van der Waals surface area contributed by atoms with E-state index in [0.717, 1.165) is 0 Å². The summed E-state index contributed by atoms with van der Waals surface area (Å²) < 4.78 is 0. The van der Waals surface area contributed by atoms with Gasteiger partial charge in [-0.05, 0) is 93.4 Å². The van der Waals surface area contributed by atoms with E-state index >= 15 is 0 Å². The van der Waals surface area contributed by atoms with E-state index in [9.17, 15) is 58.2 Å². The van der Waals surface area contributed by atoms with Crippen LogP contribution in [0.2, 0.25) is 0 Å². The number of carbonyl (C=O) groups excluding carboxylic acids is 9. The van der Waals surface area contributed by atoms with Gasteiger partial charge in [0.05, 0.1) is 12.5 Å². The fourth-order valence-corrected chi connectivity index (χ4v) is 9.37. The third-order valence-corrected chi connectivity index (χ3v) is 13.3. The van der Waals surface area contributed by atoms with Crippen molar-refractivity contribution in [3.63, 3.8) is 0 Å². The molecule has 0 bridgehead atoms. The van der Waals surface area contributed by atoms with E-state index in [1.165, 1.54) is 28.9 Å². The Morgan fingerprint density at radius 3 is 1.64 bits per heavy atom. The third kappa shape index (κ3) is 19.6. The summed E-state index contributed by atoms with van der Waals surface area (Å²) in [5, 5.41) is 35.4. The molecule has 2 aliphatic heterocycles. The van der Waals surface area contributed by atoms with Gasteiger partial charge in [0.1, 0.15) is 54.1 Å². The maximum absolute atomic E-state index is 14.6. The topological polar surface area (TPSA) is 406 Å². The Kier molecular flexibility index (Phi) is 24.3. The van der Waals surface area contributed by atoms with Gasteiger partial charge in [-0.15, -0.1) is 0 Å². The van der Waals surface area contributed by atoms with Crippen LogP contribution in [0.5, 0.6) is 5.75 Å². The van der Waals surface area contributed by atoms with Crippen molar-refractivity contribution in [1.82, 2.24) is 41.7 Å². The fourth-order valence-electron chi connectivity index (χ4n) is 9.37. The molecule has 0 aliphatic carbocycles. The van der Waals surface area contributed by atoms with Gasteiger partial charge in [0.2, 0.25) is 53.2 Å². The van der Waals surface area contributed by atoms with Crippen LogP contribution in [0.3, 0.4) is 0 Å². The number of aliphatic imine (C=N–C) groups is 1. The summed E-state index contributed by atoms with van der Waals surface area (Å²) in [6.07, 6.45) is 1.19. The molecule has 16 N–H and O–H groups in total. The smallest absolute Gasteiger partial charge is 0.326 e. The van der Waals surface area contributed by atoms with Crippen LogP contribution in [0.25, 0.3) is 0 Å². The van der Waals surface area contributed by atoms with E-state index < -0.39 is 120 Å². The largest absolute Gasteiger partial charge is 0.508 e. The predicted octanol–water partition coefficient (Wildman–Crippen LogP) is -1.48. The van der Waals surface area contributed by atoms with Crippen molar-refractivity contribution in [2.24, 2.45) is 39.8 Å². The minimum absolute atomic E-state index is 0.00242. The maximum atomic E-state index is 14.6. The lowest BCUT2D eigenvalue weighted by atomic mass is 10.00. The molecule has 0 spiro atoms. The minimum atomic E-state index is -1.62. The number of primary amides is 1. The molecule has 2 aromatic carbocycles. The van der Waals surface area contributed by atoms with Crippen molar-refractivity contribution in [3.05, 3.63) is 65.7 Å². The van der Waals surface area contributed by atoms with Gasteiger partial charge >= 0.3 is 5.97 Å². The molecule has 9 amide bonds. The number of hydrogen-bond acceptors (Lipinski definition) is 13. The highest BCUT2D eigenvalue weighted by Crippen LogP contribution is 2.23. The number of nitrogens with two attached hydrogens (primary N) is 4. The van der Waals surface area contributed by atoms with Crippen LogP contribution in [0.4, 0.5) is 0 Å². The summed E-state index contributed by atoms with van der Waals surface area (Å²) in [4.78, 5) is 142. The Balaban J connectivity index is 1.48. The number of guanidine groups is 1. The Labute approximate surface area is 454 Å². The van der Waals surface area contributed by atoms with Gasteiger partial charge in [-0.2, -0.15) is 0 Å². The standard InChI is InChI=1S/C53H79N13O12/c1-29(2)24-36(60-44(69)35(54)14-9-21-58-53(56)57)46(71)63-39(27-32-12-7-6-8-13-32)51(76)66-23-11-16-42(66)49(74)62-38(28-43(55)68)45(70)59-31(5)50(75)65-22-10-15-41(65)48(73)61-37(26-33-17-19-34(67)20-18-33)47(72)64-40(52(77)78)25-30(3)4/h6-8,12-13,17-20,29-31,35-42,67H,9-11,14-16,21-28,54H2,1-5H3,(H2,55,68)(H,59,70)(H,60,69)(H,61,73)(H,62,74)(H,63,71)(H,64,72)(H,77,78)(H4,56,57,58)/t31-,35-,36-,37-,38-,39-,40-,41-,42-/m0/s1. The van der Waals surface area contributed by atoms with E-state index in [4.69, 9.17) is 22.9 Å². The molecule has 0 radical (unpaired) electrons. The van der Waals surface area contributed by atoms with Gasteiger partial charge < -0.3 is 74.8 Å².